The van der Waals surface area contributed by atoms with E-state index in [0.29, 0.717) is 22.7 Å². The number of fused-ring (bicyclic) bond motifs is 2. The van der Waals surface area contributed by atoms with E-state index in [1.54, 1.807) is 21.3 Å². The molecule has 0 fully saturated rings. The topological polar surface area (TPSA) is 82.2 Å². The van der Waals surface area contributed by atoms with Gasteiger partial charge in [0.05, 0.1) is 38.1 Å². The van der Waals surface area contributed by atoms with Crippen LogP contribution in [0, 0.1) is 0 Å². The number of methoxy groups -OCH3 is 3. The second-order valence-electron chi connectivity index (χ2n) is 8.20. The Labute approximate surface area is 204 Å². The van der Waals surface area contributed by atoms with Crippen molar-refractivity contribution in [2.45, 2.75) is 19.9 Å². The van der Waals surface area contributed by atoms with Gasteiger partial charge < -0.3 is 29.2 Å². The SMILES string of the molecule is COc1ccc2cc3c(N(COC(=O)NC(C)C)c4ccccc4)c(OC)c(OC)cc3nc2c1. The molecule has 1 amide bonds. The number of hydrogen-bond donors (Lipinski definition) is 1. The lowest BCUT2D eigenvalue weighted by Gasteiger charge is -2.28. The molecule has 1 aromatic heterocycles. The average Bonchev–Trinajstić information content (AvgIpc) is 2.86. The highest BCUT2D eigenvalue weighted by Crippen LogP contribution is 2.46. The van der Waals surface area contributed by atoms with Gasteiger partial charge in [-0.2, -0.15) is 0 Å². The van der Waals surface area contributed by atoms with E-state index in [1.807, 2.05) is 79.4 Å². The summed E-state index contributed by atoms with van der Waals surface area (Å²) >= 11 is 0. The van der Waals surface area contributed by atoms with Crippen molar-refractivity contribution in [1.82, 2.24) is 10.3 Å². The molecule has 0 aliphatic rings. The van der Waals surface area contributed by atoms with Crippen LogP contribution < -0.4 is 24.4 Å². The maximum Gasteiger partial charge on any atom is 0.409 e. The third-order valence-electron chi connectivity index (χ3n) is 5.51. The van der Waals surface area contributed by atoms with Gasteiger partial charge in [-0.25, -0.2) is 9.78 Å². The first-order valence-corrected chi connectivity index (χ1v) is 11.2. The summed E-state index contributed by atoms with van der Waals surface area (Å²) in [6, 6.07) is 19.2. The summed E-state index contributed by atoms with van der Waals surface area (Å²) in [6.45, 7) is 3.70. The number of aromatic nitrogens is 1. The summed E-state index contributed by atoms with van der Waals surface area (Å²) in [5.74, 6) is 1.74. The molecular formula is C27H29N3O5. The van der Waals surface area contributed by atoms with E-state index < -0.39 is 6.09 Å². The fourth-order valence-electron chi connectivity index (χ4n) is 3.91. The maximum absolute atomic E-state index is 12.4. The molecule has 0 saturated carbocycles. The Bertz CT molecular complexity index is 1340. The molecule has 0 saturated heterocycles. The number of rotatable bonds is 8. The number of anilines is 2. The van der Waals surface area contributed by atoms with E-state index in [4.69, 9.17) is 23.9 Å². The molecule has 1 N–H and O–H groups in total. The molecule has 0 bridgehead atoms. The number of hydrogen-bond acceptors (Lipinski definition) is 7. The van der Waals surface area contributed by atoms with Crippen LogP contribution in [0.2, 0.25) is 0 Å². The van der Waals surface area contributed by atoms with Gasteiger partial charge in [0.2, 0.25) is 0 Å². The number of carbonyl (C=O) groups is 1. The Kier molecular flexibility index (Phi) is 7.10. The van der Waals surface area contributed by atoms with Crippen LogP contribution in [0.15, 0.2) is 60.7 Å². The second-order valence-corrected chi connectivity index (χ2v) is 8.20. The summed E-state index contributed by atoms with van der Waals surface area (Å²) in [4.78, 5) is 19.1. The Hall–Kier alpha value is -4.20. The molecule has 0 spiro atoms. The highest BCUT2D eigenvalue weighted by molar-refractivity contribution is 6.04. The smallest absolute Gasteiger partial charge is 0.409 e. The van der Waals surface area contributed by atoms with Crippen LogP contribution >= 0.6 is 0 Å². The van der Waals surface area contributed by atoms with Crippen LogP contribution in [-0.4, -0.2) is 45.2 Å². The first-order chi connectivity index (χ1) is 16.9. The highest BCUT2D eigenvalue weighted by Gasteiger charge is 2.24. The number of pyridine rings is 1. The summed E-state index contributed by atoms with van der Waals surface area (Å²) in [5, 5.41) is 4.50. The van der Waals surface area contributed by atoms with Gasteiger partial charge in [0.15, 0.2) is 18.2 Å². The van der Waals surface area contributed by atoms with E-state index in [1.165, 1.54) is 0 Å². The van der Waals surface area contributed by atoms with E-state index >= 15 is 0 Å². The van der Waals surface area contributed by atoms with Gasteiger partial charge in [-0.1, -0.05) is 18.2 Å². The van der Waals surface area contributed by atoms with Crippen LogP contribution in [-0.2, 0) is 4.74 Å². The maximum atomic E-state index is 12.4. The molecule has 182 valence electrons. The standard InChI is InChI=1S/C27H29N3O5/c1-17(2)28-27(31)35-16-30(19-9-7-6-8-10-19)25-21-13-18-11-12-20(32-3)14-22(18)29-23(21)15-24(33-4)26(25)34-5/h6-15,17H,16H2,1-5H3,(H,28,31). The third-order valence-corrected chi connectivity index (χ3v) is 5.51. The number of ether oxygens (including phenoxy) is 4. The fraction of sp³-hybridized carbons (Fsp3) is 0.259. The van der Waals surface area contributed by atoms with Gasteiger partial charge in [-0.05, 0) is 44.2 Å². The molecular weight excluding hydrogens is 446 g/mol. The molecule has 0 unspecified atom stereocenters. The van der Waals surface area contributed by atoms with Crippen LogP contribution in [0.3, 0.4) is 0 Å². The number of amides is 1. The molecule has 35 heavy (non-hydrogen) atoms. The molecule has 3 aromatic carbocycles. The first-order valence-electron chi connectivity index (χ1n) is 11.2. The summed E-state index contributed by atoms with van der Waals surface area (Å²) in [7, 11) is 4.79. The zero-order valence-electron chi connectivity index (χ0n) is 20.5. The molecule has 0 atom stereocenters. The van der Waals surface area contributed by atoms with Crippen molar-refractivity contribution in [1.29, 1.82) is 0 Å². The van der Waals surface area contributed by atoms with Gasteiger partial charge in [0, 0.05) is 34.6 Å². The molecule has 8 heteroatoms. The van der Waals surface area contributed by atoms with Crippen molar-refractivity contribution in [3.63, 3.8) is 0 Å². The molecule has 0 aliphatic heterocycles. The minimum atomic E-state index is -0.511. The van der Waals surface area contributed by atoms with Crippen molar-refractivity contribution in [3.05, 3.63) is 60.7 Å². The number of carbonyl (C=O) groups excluding carboxylic acids is 1. The second kappa shape index (κ2) is 10.4. The highest BCUT2D eigenvalue weighted by atomic mass is 16.6. The minimum absolute atomic E-state index is 0.0487. The van der Waals surface area contributed by atoms with Crippen LogP contribution in [0.4, 0.5) is 16.2 Å². The predicted molar refractivity (Wildman–Crippen MR) is 137 cm³/mol. The zero-order chi connectivity index (χ0) is 24.9. The number of alkyl carbamates (subject to hydrolysis) is 1. The molecule has 1 heterocycles. The zero-order valence-corrected chi connectivity index (χ0v) is 20.5. The van der Waals surface area contributed by atoms with Crippen molar-refractivity contribution >= 4 is 39.3 Å². The summed E-state index contributed by atoms with van der Waals surface area (Å²) < 4.78 is 22.5. The van der Waals surface area contributed by atoms with Crippen molar-refractivity contribution in [2.24, 2.45) is 0 Å². The fourth-order valence-corrected chi connectivity index (χ4v) is 3.91. The van der Waals surface area contributed by atoms with Crippen molar-refractivity contribution in [3.8, 4) is 17.2 Å². The Morgan fingerprint density at radius 3 is 2.37 bits per heavy atom. The molecule has 4 aromatic rings. The number of nitrogens with one attached hydrogen (secondary N) is 1. The summed E-state index contributed by atoms with van der Waals surface area (Å²) in [5.41, 5.74) is 2.97. The quantitative estimate of drug-likeness (QED) is 0.261. The molecule has 4 rings (SSSR count). The number of para-hydroxylation sites is 1. The van der Waals surface area contributed by atoms with Gasteiger partial charge in [-0.15, -0.1) is 0 Å². The molecule has 8 nitrogen and oxygen atoms in total. The third kappa shape index (κ3) is 5.01. The first kappa shape index (κ1) is 23.9. The van der Waals surface area contributed by atoms with Crippen LogP contribution in [0.25, 0.3) is 21.8 Å². The lowest BCUT2D eigenvalue weighted by molar-refractivity contribution is 0.146. The van der Waals surface area contributed by atoms with Crippen molar-refractivity contribution in [2.75, 3.05) is 33.0 Å². The van der Waals surface area contributed by atoms with E-state index in [-0.39, 0.29) is 12.8 Å². The average molecular weight is 476 g/mol. The Morgan fingerprint density at radius 2 is 1.71 bits per heavy atom. The Morgan fingerprint density at radius 1 is 0.943 bits per heavy atom. The predicted octanol–water partition coefficient (Wildman–Crippen LogP) is 5.64. The van der Waals surface area contributed by atoms with Crippen molar-refractivity contribution < 1.29 is 23.7 Å². The largest absolute Gasteiger partial charge is 0.497 e. The molecule has 0 radical (unpaired) electrons. The number of nitrogens with zero attached hydrogens (tertiary/aromatic N) is 2. The summed E-state index contributed by atoms with van der Waals surface area (Å²) in [6.07, 6.45) is -0.511. The minimum Gasteiger partial charge on any atom is -0.497 e. The lowest BCUT2D eigenvalue weighted by atomic mass is 10.1. The van der Waals surface area contributed by atoms with Gasteiger partial charge in [0.25, 0.3) is 0 Å². The van der Waals surface area contributed by atoms with Crippen LogP contribution in [0.5, 0.6) is 17.2 Å². The Balaban J connectivity index is 1.95. The van der Waals surface area contributed by atoms with E-state index in [9.17, 15) is 4.79 Å². The van der Waals surface area contributed by atoms with Gasteiger partial charge in [0.1, 0.15) is 5.75 Å². The molecule has 0 aliphatic carbocycles. The normalized spacial score (nSPS) is 10.9. The van der Waals surface area contributed by atoms with Crippen LogP contribution in [0.1, 0.15) is 13.8 Å². The lowest BCUT2D eigenvalue weighted by Crippen LogP contribution is -2.34. The van der Waals surface area contributed by atoms with Gasteiger partial charge >= 0.3 is 6.09 Å². The van der Waals surface area contributed by atoms with E-state index in [2.05, 4.69) is 5.32 Å². The number of benzene rings is 3. The van der Waals surface area contributed by atoms with Gasteiger partial charge in [-0.3, -0.25) is 0 Å². The van der Waals surface area contributed by atoms with E-state index in [0.717, 1.165) is 27.7 Å². The monoisotopic (exact) mass is 475 g/mol.